The Morgan fingerprint density at radius 1 is 1.47 bits per heavy atom. The molecule has 0 saturated carbocycles. The van der Waals surface area contributed by atoms with Crippen molar-refractivity contribution in [3.05, 3.63) is 28.8 Å². The topological polar surface area (TPSA) is 78.3 Å². The van der Waals surface area contributed by atoms with Crippen LogP contribution >= 0.6 is 11.6 Å². The first-order valence-corrected chi connectivity index (χ1v) is 5.76. The summed E-state index contributed by atoms with van der Waals surface area (Å²) in [4.78, 5) is 10.8. The number of benzene rings is 1. The molecular weight excluding hydrogens is 240 g/mol. The number of hydrogen-bond donors (Lipinski definition) is 2. The molecule has 1 amide bonds. The Labute approximate surface area is 106 Å². The molecule has 17 heavy (non-hydrogen) atoms. The minimum Gasteiger partial charge on any atom is -0.491 e. The van der Waals surface area contributed by atoms with E-state index in [0.717, 1.165) is 5.56 Å². The van der Waals surface area contributed by atoms with Crippen LogP contribution < -0.4 is 16.2 Å². The number of nitrogens with two attached hydrogens (primary N) is 2. The summed E-state index contributed by atoms with van der Waals surface area (Å²) in [5.74, 6) is -0.211. The summed E-state index contributed by atoms with van der Waals surface area (Å²) in [5.41, 5.74) is 11.8. The molecular formula is C12H17ClN2O2. The van der Waals surface area contributed by atoms with Gasteiger partial charge in [-0.1, -0.05) is 24.6 Å². The maximum atomic E-state index is 10.8. The smallest absolute Gasteiger partial charge is 0.223 e. The zero-order valence-corrected chi connectivity index (χ0v) is 10.7. The van der Waals surface area contributed by atoms with Gasteiger partial charge in [0.25, 0.3) is 0 Å². The molecule has 4 N–H and O–H groups in total. The lowest BCUT2D eigenvalue weighted by atomic mass is 10.1. The van der Waals surface area contributed by atoms with Gasteiger partial charge >= 0.3 is 0 Å². The van der Waals surface area contributed by atoms with Crippen LogP contribution in [0.25, 0.3) is 0 Å². The Morgan fingerprint density at radius 2 is 2.12 bits per heavy atom. The van der Waals surface area contributed by atoms with Crippen LogP contribution in [0.1, 0.15) is 25.5 Å². The van der Waals surface area contributed by atoms with Gasteiger partial charge < -0.3 is 16.2 Å². The van der Waals surface area contributed by atoms with Crippen molar-refractivity contribution in [3.8, 4) is 5.75 Å². The number of rotatable bonds is 5. The average molecular weight is 257 g/mol. The van der Waals surface area contributed by atoms with E-state index in [0.29, 0.717) is 10.8 Å². The van der Waals surface area contributed by atoms with Gasteiger partial charge in [-0.25, -0.2) is 0 Å². The summed E-state index contributed by atoms with van der Waals surface area (Å²) in [6.45, 7) is 3.79. The predicted octanol–water partition coefficient (Wildman–Crippen LogP) is 1.86. The number of carbonyl (C=O) groups excluding carboxylic acids is 1. The number of hydrogen-bond acceptors (Lipinski definition) is 3. The molecule has 0 bridgehead atoms. The predicted molar refractivity (Wildman–Crippen MR) is 67.9 cm³/mol. The summed E-state index contributed by atoms with van der Waals surface area (Å²) in [5, 5.41) is 0.483. The number of carbonyl (C=O) groups is 1. The fourth-order valence-electron chi connectivity index (χ4n) is 1.21. The van der Waals surface area contributed by atoms with Crippen LogP contribution in [0.3, 0.4) is 0 Å². The van der Waals surface area contributed by atoms with Crippen molar-refractivity contribution in [1.29, 1.82) is 0 Å². The molecule has 5 heteroatoms. The molecule has 0 aliphatic rings. The fraction of sp³-hybridized carbons (Fsp3) is 0.417. The molecule has 0 saturated heterocycles. The lowest BCUT2D eigenvalue weighted by Gasteiger charge is -2.13. The quantitative estimate of drug-likeness (QED) is 0.844. The third-order valence-electron chi connectivity index (χ3n) is 2.46. The lowest BCUT2D eigenvalue weighted by molar-refractivity contribution is -0.122. The lowest BCUT2D eigenvalue weighted by Crippen LogP contribution is -2.25. The largest absolute Gasteiger partial charge is 0.491 e. The highest BCUT2D eigenvalue weighted by molar-refractivity contribution is 6.32. The minimum atomic E-state index is -0.395. The highest BCUT2D eigenvalue weighted by atomic mass is 35.5. The molecule has 0 fully saturated rings. The van der Waals surface area contributed by atoms with Crippen LogP contribution in [0.2, 0.25) is 5.02 Å². The van der Waals surface area contributed by atoms with Crippen LogP contribution in [-0.4, -0.2) is 12.5 Å². The van der Waals surface area contributed by atoms with Crippen LogP contribution in [0.5, 0.6) is 5.75 Å². The van der Waals surface area contributed by atoms with Gasteiger partial charge in [0.05, 0.1) is 17.5 Å². The highest BCUT2D eigenvalue weighted by Gasteiger charge is 2.11. The molecule has 1 rings (SSSR count). The number of halogens is 1. The summed E-state index contributed by atoms with van der Waals surface area (Å²) < 4.78 is 5.42. The fourth-order valence-corrected chi connectivity index (χ4v) is 1.46. The van der Waals surface area contributed by atoms with E-state index in [-0.39, 0.29) is 18.6 Å². The molecule has 1 unspecified atom stereocenters. The van der Waals surface area contributed by atoms with Crippen LogP contribution in [-0.2, 0) is 4.79 Å². The molecule has 0 heterocycles. The van der Waals surface area contributed by atoms with Crippen molar-refractivity contribution in [2.45, 2.75) is 19.9 Å². The number of amides is 1. The molecule has 0 spiro atoms. The van der Waals surface area contributed by atoms with Gasteiger partial charge in [0.15, 0.2) is 0 Å². The van der Waals surface area contributed by atoms with Gasteiger partial charge in [0.2, 0.25) is 5.91 Å². The van der Waals surface area contributed by atoms with Crippen molar-refractivity contribution in [1.82, 2.24) is 0 Å². The van der Waals surface area contributed by atoms with E-state index in [4.69, 9.17) is 27.8 Å². The SMILES string of the molecule is CC(COc1ccc([C@@H](C)N)cc1Cl)C(N)=O. The van der Waals surface area contributed by atoms with Crippen LogP contribution in [0.4, 0.5) is 0 Å². The van der Waals surface area contributed by atoms with E-state index in [1.165, 1.54) is 0 Å². The molecule has 0 aliphatic carbocycles. The molecule has 0 radical (unpaired) electrons. The Hall–Kier alpha value is -1.26. The normalized spacial score (nSPS) is 14.1. The van der Waals surface area contributed by atoms with Crippen molar-refractivity contribution < 1.29 is 9.53 Å². The van der Waals surface area contributed by atoms with Crippen molar-refractivity contribution in [3.63, 3.8) is 0 Å². The van der Waals surface area contributed by atoms with Crippen LogP contribution in [0.15, 0.2) is 18.2 Å². The Morgan fingerprint density at radius 3 is 2.59 bits per heavy atom. The summed E-state index contributed by atoms with van der Waals surface area (Å²) in [6, 6.07) is 5.28. The molecule has 1 aromatic carbocycles. The third kappa shape index (κ3) is 3.91. The first-order valence-electron chi connectivity index (χ1n) is 5.39. The summed E-state index contributed by atoms with van der Waals surface area (Å²) >= 11 is 6.04. The van der Waals surface area contributed by atoms with E-state index in [9.17, 15) is 4.79 Å². The Kier molecular flexibility index (Phi) is 4.78. The van der Waals surface area contributed by atoms with E-state index < -0.39 is 5.91 Å². The second-order valence-electron chi connectivity index (χ2n) is 4.09. The van der Waals surface area contributed by atoms with Gasteiger partial charge in [-0.3, -0.25) is 4.79 Å². The molecule has 4 nitrogen and oxygen atoms in total. The third-order valence-corrected chi connectivity index (χ3v) is 2.75. The van der Waals surface area contributed by atoms with E-state index in [2.05, 4.69) is 0 Å². The highest BCUT2D eigenvalue weighted by Crippen LogP contribution is 2.27. The van der Waals surface area contributed by atoms with Crippen molar-refractivity contribution in [2.75, 3.05) is 6.61 Å². The average Bonchev–Trinajstić information content (AvgIpc) is 2.26. The Balaban J connectivity index is 2.70. The molecule has 0 aliphatic heterocycles. The molecule has 1 aromatic rings. The number of ether oxygens (including phenoxy) is 1. The first-order chi connectivity index (χ1) is 7.91. The van der Waals surface area contributed by atoms with Crippen LogP contribution in [0, 0.1) is 5.92 Å². The van der Waals surface area contributed by atoms with E-state index in [1.54, 1.807) is 19.1 Å². The van der Waals surface area contributed by atoms with Gasteiger partial charge in [0, 0.05) is 6.04 Å². The maximum absolute atomic E-state index is 10.8. The summed E-state index contributed by atoms with van der Waals surface area (Å²) in [6.07, 6.45) is 0. The monoisotopic (exact) mass is 256 g/mol. The van der Waals surface area contributed by atoms with Gasteiger partial charge in [-0.15, -0.1) is 0 Å². The molecule has 94 valence electrons. The number of primary amides is 1. The second kappa shape index (κ2) is 5.89. The van der Waals surface area contributed by atoms with Gasteiger partial charge in [0.1, 0.15) is 5.75 Å². The zero-order chi connectivity index (χ0) is 13.0. The molecule has 0 aromatic heterocycles. The maximum Gasteiger partial charge on any atom is 0.223 e. The van der Waals surface area contributed by atoms with E-state index >= 15 is 0 Å². The standard InChI is InChI=1S/C12H17ClN2O2/c1-7(12(15)16)6-17-11-4-3-9(8(2)14)5-10(11)13/h3-5,7-8H,6,14H2,1-2H3,(H2,15,16)/t7?,8-/m1/s1. The van der Waals surface area contributed by atoms with Gasteiger partial charge in [-0.05, 0) is 24.6 Å². The van der Waals surface area contributed by atoms with E-state index in [1.807, 2.05) is 13.0 Å². The second-order valence-corrected chi connectivity index (χ2v) is 4.50. The summed E-state index contributed by atoms with van der Waals surface area (Å²) in [7, 11) is 0. The zero-order valence-electron chi connectivity index (χ0n) is 9.94. The first kappa shape index (κ1) is 13.8. The Bertz CT molecular complexity index is 407. The minimum absolute atomic E-state index is 0.0777. The van der Waals surface area contributed by atoms with Crippen molar-refractivity contribution in [2.24, 2.45) is 17.4 Å². The van der Waals surface area contributed by atoms with Gasteiger partial charge in [-0.2, -0.15) is 0 Å². The van der Waals surface area contributed by atoms with Crippen molar-refractivity contribution >= 4 is 17.5 Å². The molecule has 2 atom stereocenters.